The largest absolute Gasteiger partial charge is 0.345 e. The van der Waals surface area contributed by atoms with E-state index in [-0.39, 0.29) is 24.3 Å². The van der Waals surface area contributed by atoms with Crippen LogP contribution < -0.4 is 16.0 Å². The number of urea groups is 1. The quantitative estimate of drug-likeness (QED) is 0.633. The molecule has 3 rings (SSSR count). The van der Waals surface area contributed by atoms with Crippen molar-refractivity contribution in [3.63, 3.8) is 0 Å². The molecule has 2 fully saturated rings. The van der Waals surface area contributed by atoms with Gasteiger partial charge in [0.25, 0.3) is 5.91 Å². The minimum atomic E-state index is -0.892. The molecular formula is C21H28N4O4. The highest BCUT2D eigenvalue weighted by atomic mass is 16.2. The fraction of sp³-hybridized carbons (Fsp3) is 0.524. The third kappa shape index (κ3) is 4.26. The highest BCUT2D eigenvalue weighted by Gasteiger charge is 2.55. The lowest BCUT2D eigenvalue weighted by molar-refractivity contribution is -0.137. The molecule has 1 heterocycles. The Balaban J connectivity index is 1.53. The van der Waals surface area contributed by atoms with E-state index < -0.39 is 24.0 Å². The topological polar surface area (TPSA) is 108 Å². The van der Waals surface area contributed by atoms with Gasteiger partial charge in [-0.3, -0.25) is 19.3 Å². The first-order valence-electron chi connectivity index (χ1n) is 10.2. The molecule has 1 saturated heterocycles. The number of carbonyl (C=O) groups is 4. The van der Waals surface area contributed by atoms with Gasteiger partial charge in [-0.15, -0.1) is 0 Å². The summed E-state index contributed by atoms with van der Waals surface area (Å²) in [5.41, 5.74) is 0.812. The number of hydrogen-bond donors (Lipinski definition) is 3. The Labute approximate surface area is 170 Å². The summed E-state index contributed by atoms with van der Waals surface area (Å²) in [5, 5.41) is 8.07. The predicted molar refractivity (Wildman–Crippen MR) is 108 cm³/mol. The number of nitrogens with zero attached hydrogens (tertiary/aromatic N) is 1. The number of benzene rings is 1. The Hall–Kier alpha value is -2.90. The van der Waals surface area contributed by atoms with Gasteiger partial charge in [0.1, 0.15) is 12.1 Å². The molecule has 1 aromatic rings. The summed E-state index contributed by atoms with van der Waals surface area (Å²) < 4.78 is 0. The van der Waals surface area contributed by atoms with Crippen LogP contribution in [-0.4, -0.2) is 47.3 Å². The van der Waals surface area contributed by atoms with Crippen molar-refractivity contribution < 1.29 is 19.2 Å². The van der Waals surface area contributed by atoms with Crippen LogP contribution in [0.4, 0.5) is 10.5 Å². The van der Waals surface area contributed by atoms with Gasteiger partial charge in [0, 0.05) is 5.69 Å². The third-order valence-electron chi connectivity index (χ3n) is 5.92. The van der Waals surface area contributed by atoms with Crippen molar-refractivity contribution in [3.8, 4) is 0 Å². The van der Waals surface area contributed by atoms with Crippen LogP contribution in [0, 0.1) is 5.92 Å². The van der Waals surface area contributed by atoms with E-state index in [0.717, 1.165) is 36.1 Å². The van der Waals surface area contributed by atoms with Gasteiger partial charge >= 0.3 is 6.03 Å². The van der Waals surface area contributed by atoms with Gasteiger partial charge in [-0.2, -0.15) is 0 Å². The standard InChI is InChI=1S/C21H28N4O4/c1-3-15-9-4-5-10-16(15)23-17(26)12-22-18(27)13-25-19(28)21(24-20(25)29)11-7-6-8-14(21)2/h4-5,9-10,14H,3,6-8,11-13H2,1-2H3,(H,22,27)(H,23,26)(H,24,29)/t14-,21+/m0/s1. The summed E-state index contributed by atoms with van der Waals surface area (Å²) in [6, 6.07) is 6.91. The maximum atomic E-state index is 12.9. The lowest BCUT2D eigenvalue weighted by Crippen LogP contribution is -2.54. The zero-order valence-corrected chi connectivity index (χ0v) is 16.9. The molecule has 8 nitrogen and oxygen atoms in total. The van der Waals surface area contributed by atoms with Crippen LogP contribution >= 0.6 is 0 Å². The first-order chi connectivity index (χ1) is 13.9. The molecule has 2 aliphatic rings. The molecule has 1 aromatic carbocycles. The van der Waals surface area contributed by atoms with Gasteiger partial charge in [0.2, 0.25) is 11.8 Å². The first kappa shape index (κ1) is 20.8. The molecule has 8 heteroatoms. The number of aryl methyl sites for hydroxylation is 1. The number of imide groups is 1. The summed E-state index contributed by atoms with van der Waals surface area (Å²) in [6.45, 7) is 3.32. The van der Waals surface area contributed by atoms with Crippen LogP contribution in [0.3, 0.4) is 0 Å². The molecule has 3 N–H and O–H groups in total. The van der Waals surface area contributed by atoms with Gasteiger partial charge in [0.15, 0.2) is 0 Å². The summed E-state index contributed by atoms with van der Waals surface area (Å²) in [7, 11) is 0. The Morgan fingerprint density at radius 1 is 1.21 bits per heavy atom. The summed E-state index contributed by atoms with van der Waals surface area (Å²) in [4.78, 5) is 50.6. The lowest BCUT2D eigenvalue weighted by Gasteiger charge is -2.36. The van der Waals surface area contributed by atoms with E-state index in [1.165, 1.54) is 0 Å². The van der Waals surface area contributed by atoms with Crippen molar-refractivity contribution in [2.75, 3.05) is 18.4 Å². The number of carbonyl (C=O) groups excluding carboxylic acids is 4. The van der Waals surface area contributed by atoms with Gasteiger partial charge in [-0.25, -0.2) is 4.79 Å². The normalized spacial score (nSPS) is 23.8. The van der Waals surface area contributed by atoms with E-state index in [9.17, 15) is 19.2 Å². The molecule has 1 saturated carbocycles. The predicted octanol–water partition coefficient (Wildman–Crippen LogP) is 1.80. The third-order valence-corrected chi connectivity index (χ3v) is 5.92. The average molecular weight is 400 g/mol. The van der Waals surface area contributed by atoms with Crippen LogP contribution in [0.5, 0.6) is 0 Å². The summed E-state index contributed by atoms with van der Waals surface area (Å²) in [6.07, 6.45) is 4.13. The molecule has 29 heavy (non-hydrogen) atoms. The fourth-order valence-electron chi connectivity index (χ4n) is 4.16. The Kier molecular flexibility index (Phi) is 6.20. The first-order valence-corrected chi connectivity index (χ1v) is 10.2. The van der Waals surface area contributed by atoms with Crippen molar-refractivity contribution in [2.45, 2.75) is 51.5 Å². The Bertz CT molecular complexity index is 825. The van der Waals surface area contributed by atoms with Crippen molar-refractivity contribution in [2.24, 2.45) is 5.92 Å². The second-order valence-corrected chi connectivity index (χ2v) is 7.78. The molecule has 0 aromatic heterocycles. The fourth-order valence-corrected chi connectivity index (χ4v) is 4.16. The number of rotatable bonds is 6. The molecule has 156 valence electrons. The highest BCUT2D eigenvalue weighted by Crippen LogP contribution is 2.38. The number of anilines is 1. The molecule has 1 aliphatic carbocycles. The molecule has 1 aliphatic heterocycles. The van der Waals surface area contributed by atoms with Crippen LogP contribution in [0.15, 0.2) is 24.3 Å². The van der Waals surface area contributed by atoms with Crippen molar-refractivity contribution in [1.82, 2.24) is 15.5 Å². The number of nitrogens with one attached hydrogen (secondary N) is 3. The van der Waals surface area contributed by atoms with E-state index in [0.29, 0.717) is 12.1 Å². The van der Waals surface area contributed by atoms with E-state index in [4.69, 9.17) is 0 Å². The van der Waals surface area contributed by atoms with E-state index >= 15 is 0 Å². The van der Waals surface area contributed by atoms with Crippen LogP contribution in [0.2, 0.25) is 0 Å². The molecular weight excluding hydrogens is 372 g/mol. The van der Waals surface area contributed by atoms with Crippen LogP contribution in [-0.2, 0) is 20.8 Å². The maximum Gasteiger partial charge on any atom is 0.325 e. The molecule has 1 spiro atoms. The molecule has 0 radical (unpaired) electrons. The zero-order valence-electron chi connectivity index (χ0n) is 16.9. The highest BCUT2D eigenvalue weighted by molar-refractivity contribution is 6.09. The Morgan fingerprint density at radius 3 is 2.69 bits per heavy atom. The van der Waals surface area contributed by atoms with Gasteiger partial charge in [-0.1, -0.05) is 44.9 Å². The molecule has 0 unspecified atom stereocenters. The summed E-state index contributed by atoms with van der Waals surface area (Å²) in [5.74, 6) is -1.22. The van der Waals surface area contributed by atoms with E-state index in [1.807, 2.05) is 32.0 Å². The smallest absolute Gasteiger partial charge is 0.325 e. The monoisotopic (exact) mass is 400 g/mol. The van der Waals surface area contributed by atoms with Gasteiger partial charge in [-0.05, 0) is 36.8 Å². The molecule has 0 bridgehead atoms. The van der Waals surface area contributed by atoms with E-state index in [2.05, 4.69) is 16.0 Å². The molecule has 2 atom stereocenters. The number of amides is 5. The minimum Gasteiger partial charge on any atom is -0.345 e. The van der Waals surface area contributed by atoms with E-state index in [1.54, 1.807) is 6.07 Å². The van der Waals surface area contributed by atoms with Gasteiger partial charge in [0.05, 0.1) is 6.54 Å². The number of para-hydroxylation sites is 1. The Morgan fingerprint density at radius 2 is 1.97 bits per heavy atom. The average Bonchev–Trinajstić information content (AvgIpc) is 2.94. The van der Waals surface area contributed by atoms with Crippen LogP contribution in [0.1, 0.15) is 45.1 Å². The second-order valence-electron chi connectivity index (χ2n) is 7.78. The SMILES string of the molecule is CCc1ccccc1NC(=O)CNC(=O)CN1C(=O)N[C@@]2(CCCC[C@@H]2C)C1=O. The van der Waals surface area contributed by atoms with Crippen molar-refractivity contribution in [3.05, 3.63) is 29.8 Å². The maximum absolute atomic E-state index is 12.9. The molecule has 5 amide bonds. The van der Waals surface area contributed by atoms with Crippen molar-refractivity contribution in [1.29, 1.82) is 0 Å². The zero-order chi connectivity index (χ0) is 21.0. The van der Waals surface area contributed by atoms with Gasteiger partial charge < -0.3 is 16.0 Å². The number of hydrogen-bond acceptors (Lipinski definition) is 4. The lowest BCUT2D eigenvalue weighted by atomic mass is 9.73. The van der Waals surface area contributed by atoms with Crippen LogP contribution in [0.25, 0.3) is 0 Å². The summed E-state index contributed by atoms with van der Waals surface area (Å²) >= 11 is 0. The second kappa shape index (κ2) is 8.63. The van der Waals surface area contributed by atoms with Crippen molar-refractivity contribution >= 4 is 29.4 Å². The minimum absolute atomic E-state index is 0.0326.